The largest absolute Gasteiger partial charge is 0.465 e. The van der Waals surface area contributed by atoms with Crippen molar-refractivity contribution < 1.29 is 14.3 Å². The van der Waals surface area contributed by atoms with Gasteiger partial charge in [-0.1, -0.05) is 13.8 Å². The Morgan fingerprint density at radius 3 is 2.53 bits per heavy atom. The summed E-state index contributed by atoms with van der Waals surface area (Å²) in [5.41, 5.74) is 3.68. The maximum atomic E-state index is 13.3. The number of aromatic amines is 1. The lowest BCUT2D eigenvalue weighted by molar-refractivity contribution is 0.0599. The molecule has 1 atom stereocenters. The molecule has 32 heavy (non-hydrogen) atoms. The van der Waals surface area contributed by atoms with Gasteiger partial charge in [-0.15, -0.1) is 0 Å². The second-order valence-corrected chi connectivity index (χ2v) is 9.69. The summed E-state index contributed by atoms with van der Waals surface area (Å²) < 4.78 is 4.75. The topological polar surface area (TPSA) is 82.7 Å². The molecule has 1 aliphatic carbocycles. The number of pyridine rings is 1. The van der Waals surface area contributed by atoms with E-state index in [-0.39, 0.29) is 34.5 Å². The molecule has 170 valence electrons. The smallest absolute Gasteiger partial charge is 0.337 e. The van der Waals surface area contributed by atoms with Crippen molar-refractivity contribution >= 4 is 17.6 Å². The number of esters is 1. The van der Waals surface area contributed by atoms with Crippen molar-refractivity contribution in [2.75, 3.05) is 31.6 Å². The van der Waals surface area contributed by atoms with Crippen LogP contribution >= 0.6 is 0 Å². The van der Waals surface area contributed by atoms with E-state index >= 15 is 0 Å². The predicted molar refractivity (Wildman–Crippen MR) is 123 cm³/mol. The molecule has 7 nitrogen and oxygen atoms in total. The Morgan fingerprint density at radius 2 is 1.88 bits per heavy atom. The van der Waals surface area contributed by atoms with Crippen molar-refractivity contribution in [2.24, 2.45) is 5.41 Å². The quantitative estimate of drug-likeness (QED) is 0.747. The average Bonchev–Trinajstić information content (AvgIpc) is 2.77. The second kappa shape index (κ2) is 8.45. The van der Waals surface area contributed by atoms with Crippen LogP contribution in [0.1, 0.15) is 59.2 Å². The van der Waals surface area contributed by atoms with E-state index in [2.05, 4.69) is 23.7 Å². The summed E-state index contributed by atoms with van der Waals surface area (Å²) in [5.74, 6) is -0.565. The van der Waals surface area contributed by atoms with Crippen molar-refractivity contribution in [1.29, 1.82) is 0 Å². The van der Waals surface area contributed by atoms with Crippen LogP contribution in [0, 0.1) is 5.41 Å². The molecule has 0 bridgehead atoms. The number of fused-ring (bicyclic) bond motifs is 1. The van der Waals surface area contributed by atoms with Gasteiger partial charge in [0.15, 0.2) is 0 Å². The van der Waals surface area contributed by atoms with Crippen molar-refractivity contribution in [3.63, 3.8) is 0 Å². The molecule has 1 saturated heterocycles. The molecule has 1 amide bonds. The summed E-state index contributed by atoms with van der Waals surface area (Å²) in [6.07, 6.45) is 2.74. The van der Waals surface area contributed by atoms with E-state index < -0.39 is 0 Å². The first-order chi connectivity index (χ1) is 15.2. The lowest BCUT2D eigenvalue weighted by Gasteiger charge is -2.41. The van der Waals surface area contributed by atoms with Gasteiger partial charge in [0.25, 0.3) is 11.5 Å². The fourth-order valence-electron chi connectivity index (χ4n) is 4.79. The number of nitrogens with zero attached hydrogens (tertiary/aromatic N) is 2. The minimum Gasteiger partial charge on any atom is -0.465 e. The summed E-state index contributed by atoms with van der Waals surface area (Å²) in [6.45, 7) is 8.29. The molecule has 1 fully saturated rings. The molecule has 2 aromatic rings. The SMILES string of the molecule is COC(=O)c1ccc(N2CCN(C(=O)c3cc4c([nH]c3=O)CCC(C)(C)C4)[C@@H](C)C2)cc1. The summed E-state index contributed by atoms with van der Waals surface area (Å²) >= 11 is 0. The zero-order chi connectivity index (χ0) is 23.0. The maximum absolute atomic E-state index is 13.3. The minimum absolute atomic E-state index is 0.0524. The second-order valence-electron chi connectivity index (χ2n) is 9.69. The van der Waals surface area contributed by atoms with Crippen LogP contribution in [-0.4, -0.2) is 54.5 Å². The number of nitrogens with one attached hydrogen (secondary N) is 1. The highest BCUT2D eigenvalue weighted by Gasteiger charge is 2.32. The number of aryl methyl sites for hydroxylation is 1. The lowest BCUT2D eigenvalue weighted by Crippen LogP contribution is -2.54. The molecule has 1 aromatic carbocycles. The van der Waals surface area contributed by atoms with Crippen molar-refractivity contribution in [2.45, 2.75) is 46.1 Å². The van der Waals surface area contributed by atoms with Gasteiger partial charge in [-0.3, -0.25) is 9.59 Å². The first-order valence-corrected chi connectivity index (χ1v) is 11.2. The number of piperazine rings is 1. The number of anilines is 1. The highest BCUT2D eigenvalue weighted by Crippen LogP contribution is 2.33. The van der Waals surface area contributed by atoms with Crippen LogP contribution in [0.25, 0.3) is 0 Å². The van der Waals surface area contributed by atoms with Crippen LogP contribution in [0.3, 0.4) is 0 Å². The highest BCUT2D eigenvalue weighted by atomic mass is 16.5. The average molecular weight is 438 g/mol. The lowest BCUT2D eigenvalue weighted by atomic mass is 9.76. The third-order valence-electron chi connectivity index (χ3n) is 6.71. The standard InChI is InChI=1S/C25H31N3O4/c1-16-15-27(19-7-5-17(6-8-19)24(31)32-4)11-12-28(16)23(30)20-13-18-14-25(2,3)10-9-21(18)26-22(20)29/h5-8,13,16H,9-12,14-15H2,1-4H3,(H,26,29)/t16-/m0/s1. The summed E-state index contributed by atoms with van der Waals surface area (Å²) in [4.78, 5) is 44.6. The number of aromatic nitrogens is 1. The Balaban J connectivity index is 1.49. The number of benzene rings is 1. The van der Waals surface area contributed by atoms with Crippen molar-refractivity contribution in [3.05, 3.63) is 63.1 Å². The molecular weight excluding hydrogens is 406 g/mol. The Kier molecular flexibility index (Phi) is 5.84. The summed E-state index contributed by atoms with van der Waals surface area (Å²) in [6, 6.07) is 9.05. The maximum Gasteiger partial charge on any atom is 0.337 e. The molecule has 1 aliphatic heterocycles. The van der Waals surface area contributed by atoms with Crippen LogP contribution in [0.15, 0.2) is 35.1 Å². The minimum atomic E-state index is -0.362. The van der Waals surface area contributed by atoms with Crippen LogP contribution < -0.4 is 10.5 Å². The number of methoxy groups -OCH3 is 1. The van der Waals surface area contributed by atoms with Gasteiger partial charge in [0.2, 0.25) is 0 Å². The third-order valence-corrected chi connectivity index (χ3v) is 6.71. The van der Waals surface area contributed by atoms with Gasteiger partial charge in [0, 0.05) is 37.1 Å². The third kappa shape index (κ3) is 4.29. The van der Waals surface area contributed by atoms with Gasteiger partial charge in [-0.05, 0) is 67.5 Å². The number of amides is 1. The Morgan fingerprint density at radius 1 is 1.16 bits per heavy atom. The number of carbonyl (C=O) groups is 2. The first kappa shape index (κ1) is 22.1. The number of rotatable bonds is 3. The molecule has 1 N–H and O–H groups in total. The van der Waals surface area contributed by atoms with Gasteiger partial charge >= 0.3 is 5.97 Å². The zero-order valence-electron chi connectivity index (χ0n) is 19.2. The molecule has 2 aliphatic rings. The van der Waals surface area contributed by atoms with E-state index in [1.54, 1.807) is 17.0 Å². The monoisotopic (exact) mass is 437 g/mol. The molecule has 0 radical (unpaired) electrons. The molecule has 0 unspecified atom stereocenters. The van der Waals surface area contributed by atoms with Crippen LogP contribution in [-0.2, 0) is 17.6 Å². The van der Waals surface area contributed by atoms with Crippen LogP contribution in [0.2, 0.25) is 0 Å². The number of hydrogen-bond acceptors (Lipinski definition) is 5. The van der Waals surface area contributed by atoms with Crippen LogP contribution in [0.4, 0.5) is 5.69 Å². The van der Waals surface area contributed by atoms with Gasteiger partial charge in [0.05, 0.1) is 12.7 Å². The van der Waals surface area contributed by atoms with Crippen molar-refractivity contribution in [1.82, 2.24) is 9.88 Å². The number of ether oxygens (including phenoxy) is 1. The fourth-order valence-corrected chi connectivity index (χ4v) is 4.79. The Hall–Kier alpha value is -3.09. The van der Waals surface area contributed by atoms with Gasteiger partial charge < -0.3 is 19.5 Å². The Labute approximate surface area is 188 Å². The van der Waals surface area contributed by atoms with Crippen molar-refractivity contribution in [3.8, 4) is 0 Å². The molecule has 0 spiro atoms. The van der Waals surface area contributed by atoms with E-state index in [0.29, 0.717) is 25.2 Å². The number of carbonyl (C=O) groups excluding carboxylic acids is 2. The van der Waals surface area contributed by atoms with E-state index in [4.69, 9.17) is 4.74 Å². The highest BCUT2D eigenvalue weighted by molar-refractivity contribution is 5.94. The van der Waals surface area contributed by atoms with E-state index in [1.807, 2.05) is 25.1 Å². The molecule has 2 heterocycles. The molecule has 7 heteroatoms. The fraction of sp³-hybridized carbons (Fsp3) is 0.480. The zero-order valence-corrected chi connectivity index (χ0v) is 19.2. The summed E-state index contributed by atoms with van der Waals surface area (Å²) in [5, 5.41) is 0. The van der Waals surface area contributed by atoms with E-state index in [1.165, 1.54) is 7.11 Å². The van der Waals surface area contributed by atoms with E-state index in [9.17, 15) is 14.4 Å². The first-order valence-electron chi connectivity index (χ1n) is 11.2. The van der Waals surface area contributed by atoms with Gasteiger partial charge in [0.1, 0.15) is 5.56 Å². The summed E-state index contributed by atoms with van der Waals surface area (Å²) in [7, 11) is 1.36. The predicted octanol–water partition coefficient (Wildman–Crippen LogP) is 3.03. The van der Waals surface area contributed by atoms with Gasteiger partial charge in [-0.25, -0.2) is 4.79 Å². The Bertz CT molecular complexity index is 1090. The molecule has 4 rings (SSSR count). The normalized spacial score (nSPS) is 19.9. The van der Waals surface area contributed by atoms with E-state index in [0.717, 1.165) is 36.2 Å². The number of H-pyrrole nitrogens is 1. The number of hydrogen-bond donors (Lipinski definition) is 1. The molecular formula is C25H31N3O4. The molecule has 0 saturated carbocycles. The van der Waals surface area contributed by atoms with Gasteiger partial charge in [-0.2, -0.15) is 0 Å². The molecule has 1 aromatic heterocycles. The van der Waals surface area contributed by atoms with Crippen LogP contribution in [0.5, 0.6) is 0 Å².